The van der Waals surface area contributed by atoms with Gasteiger partial charge in [-0.3, -0.25) is 0 Å². The molecule has 0 radical (unpaired) electrons. The number of benzene rings is 2. The van der Waals surface area contributed by atoms with Gasteiger partial charge in [0.1, 0.15) is 0 Å². The van der Waals surface area contributed by atoms with Crippen LogP contribution in [0.5, 0.6) is 0 Å². The monoisotopic (exact) mass is 284 g/mol. The summed E-state index contributed by atoms with van der Waals surface area (Å²) in [4.78, 5) is 0. The molecule has 2 aromatic carbocycles. The highest BCUT2D eigenvalue weighted by atomic mass is 35.5. The van der Waals surface area contributed by atoms with Crippen LogP contribution in [0.3, 0.4) is 0 Å². The van der Waals surface area contributed by atoms with E-state index in [-0.39, 0.29) is 15.6 Å². The van der Waals surface area contributed by atoms with Gasteiger partial charge < -0.3 is 0 Å². The molecular formula is C14H8Cl2F2. The first-order chi connectivity index (χ1) is 8.58. The summed E-state index contributed by atoms with van der Waals surface area (Å²) in [5, 5.41) is 0.406. The van der Waals surface area contributed by atoms with E-state index in [2.05, 4.69) is 0 Å². The number of halogens is 4. The fourth-order valence-corrected chi connectivity index (χ4v) is 2.22. The summed E-state index contributed by atoms with van der Waals surface area (Å²) in [6.45, 7) is 0. The van der Waals surface area contributed by atoms with Crippen LogP contribution in [0.25, 0.3) is 17.2 Å². The fraction of sp³-hybridized carbons (Fsp3) is 0. The van der Waals surface area contributed by atoms with Crippen molar-refractivity contribution in [3.8, 4) is 11.1 Å². The van der Waals surface area contributed by atoms with E-state index in [1.165, 1.54) is 0 Å². The molecule has 2 aromatic rings. The second-order valence-corrected chi connectivity index (χ2v) is 4.47. The van der Waals surface area contributed by atoms with E-state index in [4.69, 9.17) is 23.2 Å². The highest BCUT2D eigenvalue weighted by molar-refractivity contribution is 6.37. The van der Waals surface area contributed by atoms with Gasteiger partial charge in [-0.05, 0) is 23.3 Å². The van der Waals surface area contributed by atoms with Crippen LogP contribution in [0, 0.1) is 0 Å². The molecule has 0 spiro atoms. The Morgan fingerprint density at radius 3 is 1.94 bits per heavy atom. The highest BCUT2D eigenvalue weighted by Crippen LogP contribution is 2.33. The minimum Gasteiger partial charge on any atom is -0.173 e. The van der Waals surface area contributed by atoms with Crippen LogP contribution < -0.4 is 0 Å². The smallest absolute Gasteiger partial charge is 0.173 e. The first-order valence-electron chi connectivity index (χ1n) is 5.15. The maximum absolute atomic E-state index is 12.2. The van der Waals surface area contributed by atoms with Gasteiger partial charge in [0.2, 0.25) is 0 Å². The van der Waals surface area contributed by atoms with Gasteiger partial charge in [0.25, 0.3) is 6.08 Å². The standard InChI is InChI=1S/C14H8Cl2F2/c15-12-6-10(9-4-2-1-3-5-9)7-13(16)11(12)8-14(17)18/h1-8H. The summed E-state index contributed by atoms with van der Waals surface area (Å²) in [5.41, 5.74) is 1.86. The molecule has 0 saturated heterocycles. The topological polar surface area (TPSA) is 0 Å². The maximum Gasteiger partial charge on any atom is 0.271 e. The Hall–Kier alpha value is -1.38. The summed E-state index contributed by atoms with van der Waals surface area (Å²) in [6.07, 6.45) is -1.16. The quantitative estimate of drug-likeness (QED) is 0.644. The van der Waals surface area contributed by atoms with Crippen LogP contribution in [-0.2, 0) is 0 Å². The van der Waals surface area contributed by atoms with Crippen LogP contribution in [-0.4, -0.2) is 0 Å². The summed E-state index contributed by atoms with van der Waals surface area (Å²) < 4.78 is 24.5. The zero-order valence-electron chi connectivity index (χ0n) is 9.13. The third-order valence-electron chi connectivity index (χ3n) is 2.44. The minimum absolute atomic E-state index is 0.137. The molecule has 0 aliphatic rings. The first kappa shape index (κ1) is 13.1. The van der Waals surface area contributed by atoms with Crippen LogP contribution in [0.15, 0.2) is 48.5 Å². The Balaban J connectivity index is 2.53. The van der Waals surface area contributed by atoms with Crippen molar-refractivity contribution in [1.29, 1.82) is 0 Å². The predicted molar refractivity (Wildman–Crippen MR) is 72.1 cm³/mol. The average molecular weight is 285 g/mol. The summed E-state index contributed by atoms with van der Waals surface area (Å²) in [7, 11) is 0. The van der Waals surface area contributed by atoms with Crippen molar-refractivity contribution in [2.24, 2.45) is 0 Å². The Bertz CT molecular complexity index is 565. The molecule has 0 atom stereocenters. The average Bonchev–Trinajstić information content (AvgIpc) is 2.34. The Morgan fingerprint density at radius 2 is 1.44 bits per heavy atom. The van der Waals surface area contributed by atoms with E-state index in [0.717, 1.165) is 11.1 Å². The SMILES string of the molecule is FC(F)=Cc1c(Cl)cc(-c2ccccc2)cc1Cl. The minimum atomic E-state index is -1.83. The van der Waals surface area contributed by atoms with Crippen molar-refractivity contribution >= 4 is 29.3 Å². The van der Waals surface area contributed by atoms with E-state index < -0.39 is 6.08 Å². The zero-order valence-corrected chi connectivity index (χ0v) is 10.6. The van der Waals surface area contributed by atoms with E-state index >= 15 is 0 Å². The van der Waals surface area contributed by atoms with Crippen molar-refractivity contribution in [3.05, 3.63) is 64.2 Å². The van der Waals surface area contributed by atoms with Crippen LogP contribution in [0.4, 0.5) is 8.78 Å². The van der Waals surface area contributed by atoms with Crippen molar-refractivity contribution < 1.29 is 8.78 Å². The predicted octanol–water partition coefficient (Wildman–Crippen LogP) is 5.90. The molecule has 0 aliphatic heterocycles. The van der Waals surface area contributed by atoms with Gasteiger partial charge in [0.05, 0.1) is 10.0 Å². The van der Waals surface area contributed by atoms with Gasteiger partial charge in [-0.25, -0.2) is 0 Å². The molecule has 0 aromatic heterocycles. The lowest BCUT2D eigenvalue weighted by molar-refractivity contribution is 0.429. The second kappa shape index (κ2) is 5.51. The summed E-state index contributed by atoms with van der Waals surface area (Å²) >= 11 is 11.9. The van der Waals surface area contributed by atoms with E-state index in [0.29, 0.717) is 6.08 Å². The molecule has 92 valence electrons. The fourth-order valence-electron chi connectivity index (χ4n) is 1.63. The van der Waals surface area contributed by atoms with Crippen molar-refractivity contribution in [1.82, 2.24) is 0 Å². The van der Waals surface area contributed by atoms with Gasteiger partial charge in [0.15, 0.2) is 0 Å². The van der Waals surface area contributed by atoms with Gasteiger partial charge in [-0.2, -0.15) is 8.78 Å². The molecule has 0 heterocycles. The van der Waals surface area contributed by atoms with Gasteiger partial charge in [-0.15, -0.1) is 0 Å². The largest absolute Gasteiger partial charge is 0.271 e. The van der Waals surface area contributed by atoms with E-state index in [1.54, 1.807) is 12.1 Å². The third kappa shape index (κ3) is 2.89. The lowest BCUT2D eigenvalue weighted by Crippen LogP contribution is -1.83. The molecule has 0 aliphatic carbocycles. The van der Waals surface area contributed by atoms with Gasteiger partial charge in [0, 0.05) is 11.6 Å². The molecule has 0 N–H and O–H groups in total. The van der Waals surface area contributed by atoms with E-state index in [1.807, 2.05) is 30.3 Å². The lowest BCUT2D eigenvalue weighted by Gasteiger charge is -2.07. The van der Waals surface area contributed by atoms with Crippen LogP contribution in [0.1, 0.15) is 5.56 Å². The number of hydrogen-bond acceptors (Lipinski definition) is 0. The second-order valence-electron chi connectivity index (χ2n) is 3.65. The lowest BCUT2D eigenvalue weighted by atomic mass is 10.0. The summed E-state index contributed by atoms with van der Waals surface area (Å²) in [6, 6.07) is 12.7. The Labute approximate surface area is 113 Å². The van der Waals surface area contributed by atoms with E-state index in [9.17, 15) is 8.78 Å². The normalized spacial score (nSPS) is 10.2. The maximum atomic E-state index is 12.2. The van der Waals surface area contributed by atoms with Crippen LogP contribution >= 0.6 is 23.2 Å². The van der Waals surface area contributed by atoms with Gasteiger partial charge in [-0.1, -0.05) is 53.5 Å². The molecule has 0 unspecified atom stereocenters. The molecule has 18 heavy (non-hydrogen) atoms. The van der Waals surface area contributed by atoms with Crippen molar-refractivity contribution in [2.45, 2.75) is 0 Å². The number of hydrogen-bond donors (Lipinski definition) is 0. The Morgan fingerprint density at radius 1 is 0.889 bits per heavy atom. The third-order valence-corrected chi connectivity index (χ3v) is 3.07. The number of rotatable bonds is 2. The first-order valence-corrected chi connectivity index (χ1v) is 5.90. The summed E-state index contributed by atoms with van der Waals surface area (Å²) in [5.74, 6) is 0. The van der Waals surface area contributed by atoms with Gasteiger partial charge >= 0.3 is 0 Å². The molecule has 0 saturated carbocycles. The van der Waals surface area contributed by atoms with Crippen molar-refractivity contribution in [2.75, 3.05) is 0 Å². The molecular weight excluding hydrogens is 277 g/mol. The molecule has 0 bridgehead atoms. The molecule has 0 fully saturated rings. The molecule has 2 rings (SSSR count). The molecule has 0 amide bonds. The zero-order chi connectivity index (χ0) is 13.1. The van der Waals surface area contributed by atoms with Crippen molar-refractivity contribution in [3.63, 3.8) is 0 Å². The molecule has 4 heteroatoms. The molecule has 0 nitrogen and oxygen atoms in total. The Kier molecular flexibility index (Phi) is 4.00. The van der Waals surface area contributed by atoms with Crippen LogP contribution in [0.2, 0.25) is 10.0 Å². The highest BCUT2D eigenvalue weighted by Gasteiger charge is 2.08.